The topological polar surface area (TPSA) is 60.3 Å². The standard InChI is InChI=1S/C17H15BrN2O3S/c1-23-17(22)14-8-12-5-6-24-16(12)20(14)10-15(21)19-9-11-3-2-4-13(18)7-11/h2-8H,9-10H2,1H3,(H,19,21). The molecule has 3 rings (SSSR count). The van der Waals surface area contributed by atoms with Gasteiger partial charge in [0, 0.05) is 16.4 Å². The molecule has 24 heavy (non-hydrogen) atoms. The summed E-state index contributed by atoms with van der Waals surface area (Å²) >= 11 is 4.90. The molecule has 2 aromatic heterocycles. The highest BCUT2D eigenvalue weighted by molar-refractivity contribution is 9.10. The van der Waals surface area contributed by atoms with Crippen molar-refractivity contribution in [1.82, 2.24) is 9.88 Å². The first-order valence-electron chi connectivity index (χ1n) is 7.24. The Balaban J connectivity index is 1.75. The van der Waals surface area contributed by atoms with Gasteiger partial charge in [-0.2, -0.15) is 0 Å². The van der Waals surface area contributed by atoms with Crippen molar-refractivity contribution in [1.29, 1.82) is 0 Å². The predicted octanol–water partition coefficient (Wildman–Crippen LogP) is 3.57. The summed E-state index contributed by atoms with van der Waals surface area (Å²) in [6.45, 7) is 0.503. The van der Waals surface area contributed by atoms with Crippen LogP contribution in [0.5, 0.6) is 0 Å². The quantitative estimate of drug-likeness (QED) is 0.658. The van der Waals surface area contributed by atoms with E-state index in [9.17, 15) is 9.59 Å². The molecule has 0 bridgehead atoms. The summed E-state index contributed by atoms with van der Waals surface area (Å²) in [5.74, 6) is -0.607. The number of nitrogens with one attached hydrogen (secondary N) is 1. The van der Waals surface area contributed by atoms with Crippen LogP contribution in [0.1, 0.15) is 16.1 Å². The van der Waals surface area contributed by atoms with Crippen LogP contribution in [0.3, 0.4) is 0 Å². The van der Waals surface area contributed by atoms with Crippen molar-refractivity contribution < 1.29 is 14.3 Å². The minimum Gasteiger partial charge on any atom is -0.464 e. The average Bonchev–Trinajstić information content (AvgIpc) is 3.15. The van der Waals surface area contributed by atoms with Gasteiger partial charge < -0.3 is 14.6 Å². The number of hydrogen-bond donors (Lipinski definition) is 1. The van der Waals surface area contributed by atoms with Gasteiger partial charge in [-0.3, -0.25) is 4.79 Å². The van der Waals surface area contributed by atoms with E-state index in [1.165, 1.54) is 18.4 Å². The Labute approximate surface area is 151 Å². The van der Waals surface area contributed by atoms with E-state index in [2.05, 4.69) is 21.2 Å². The number of fused-ring (bicyclic) bond motifs is 1. The Hall–Kier alpha value is -2.12. The van der Waals surface area contributed by atoms with Crippen LogP contribution in [0, 0.1) is 0 Å². The molecule has 0 spiro atoms. The van der Waals surface area contributed by atoms with Crippen LogP contribution >= 0.6 is 27.3 Å². The second-order valence-electron chi connectivity index (χ2n) is 5.20. The number of halogens is 1. The largest absolute Gasteiger partial charge is 0.464 e. The fraction of sp³-hybridized carbons (Fsp3) is 0.176. The summed E-state index contributed by atoms with van der Waals surface area (Å²) < 4.78 is 7.47. The Kier molecular flexibility index (Phi) is 5.01. The third kappa shape index (κ3) is 3.52. The zero-order valence-electron chi connectivity index (χ0n) is 12.9. The Bertz CT molecular complexity index is 900. The summed E-state index contributed by atoms with van der Waals surface area (Å²) in [5, 5.41) is 5.74. The molecule has 1 aromatic carbocycles. The highest BCUT2D eigenvalue weighted by atomic mass is 79.9. The number of ether oxygens (including phenoxy) is 1. The molecule has 1 N–H and O–H groups in total. The van der Waals surface area contributed by atoms with Gasteiger partial charge in [0.1, 0.15) is 17.1 Å². The molecule has 0 radical (unpaired) electrons. The molecule has 1 amide bonds. The molecule has 124 valence electrons. The van der Waals surface area contributed by atoms with Crippen molar-refractivity contribution in [2.24, 2.45) is 0 Å². The lowest BCUT2D eigenvalue weighted by Crippen LogP contribution is -2.28. The van der Waals surface area contributed by atoms with Crippen molar-refractivity contribution in [3.05, 3.63) is 57.5 Å². The van der Waals surface area contributed by atoms with Gasteiger partial charge in [-0.05, 0) is 35.2 Å². The van der Waals surface area contributed by atoms with Crippen molar-refractivity contribution in [3.8, 4) is 0 Å². The number of hydrogen-bond acceptors (Lipinski definition) is 4. The molecule has 0 unspecified atom stereocenters. The maximum absolute atomic E-state index is 12.3. The number of carbonyl (C=O) groups excluding carboxylic acids is 2. The second-order valence-corrected chi connectivity index (χ2v) is 7.01. The van der Waals surface area contributed by atoms with E-state index in [1.807, 2.05) is 35.7 Å². The summed E-state index contributed by atoms with van der Waals surface area (Å²) in [6, 6.07) is 11.4. The van der Waals surface area contributed by atoms with E-state index in [0.29, 0.717) is 12.2 Å². The van der Waals surface area contributed by atoms with E-state index >= 15 is 0 Å². The molecule has 0 aliphatic heterocycles. The highest BCUT2D eigenvalue weighted by Gasteiger charge is 2.18. The lowest BCUT2D eigenvalue weighted by atomic mass is 10.2. The number of aromatic nitrogens is 1. The van der Waals surface area contributed by atoms with Gasteiger partial charge in [0.05, 0.1) is 7.11 Å². The van der Waals surface area contributed by atoms with Crippen molar-refractivity contribution in [2.75, 3.05) is 7.11 Å². The summed E-state index contributed by atoms with van der Waals surface area (Å²) in [6.07, 6.45) is 0. The van der Waals surface area contributed by atoms with Crippen LogP contribution in [-0.4, -0.2) is 23.6 Å². The van der Waals surface area contributed by atoms with Crippen LogP contribution in [0.25, 0.3) is 10.2 Å². The van der Waals surface area contributed by atoms with Crippen LogP contribution in [0.4, 0.5) is 0 Å². The molecule has 7 heteroatoms. The van der Waals surface area contributed by atoms with Crippen LogP contribution in [0.2, 0.25) is 0 Å². The minimum absolute atomic E-state index is 0.0719. The summed E-state index contributed by atoms with van der Waals surface area (Å²) in [7, 11) is 1.33. The molecule has 2 heterocycles. The van der Waals surface area contributed by atoms with Gasteiger partial charge in [-0.15, -0.1) is 11.3 Å². The molecule has 0 fully saturated rings. The van der Waals surface area contributed by atoms with Crippen LogP contribution < -0.4 is 5.32 Å². The number of rotatable bonds is 5. The number of methoxy groups -OCH3 is 1. The fourth-order valence-electron chi connectivity index (χ4n) is 2.45. The second kappa shape index (κ2) is 7.19. The van der Waals surface area contributed by atoms with Crippen LogP contribution in [0.15, 0.2) is 46.3 Å². The third-order valence-corrected chi connectivity index (χ3v) is 5.02. The number of benzene rings is 1. The molecule has 3 aromatic rings. The average molecular weight is 407 g/mol. The molecular formula is C17H15BrN2O3S. The highest BCUT2D eigenvalue weighted by Crippen LogP contribution is 2.25. The maximum atomic E-state index is 12.3. The first-order valence-corrected chi connectivity index (χ1v) is 8.92. The van der Waals surface area contributed by atoms with E-state index in [4.69, 9.17) is 4.74 Å². The molecular weight excluding hydrogens is 392 g/mol. The van der Waals surface area contributed by atoms with Gasteiger partial charge in [-0.25, -0.2) is 4.79 Å². The van der Waals surface area contributed by atoms with E-state index in [-0.39, 0.29) is 12.5 Å². The van der Waals surface area contributed by atoms with Crippen molar-refractivity contribution in [3.63, 3.8) is 0 Å². The molecule has 5 nitrogen and oxygen atoms in total. The number of nitrogens with zero attached hydrogens (tertiary/aromatic N) is 1. The van der Waals surface area contributed by atoms with Crippen molar-refractivity contribution >= 4 is 49.4 Å². The first-order chi connectivity index (χ1) is 11.6. The number of esters is 1. The summed E-state index contributed by atoms with van der Waals surface area (Å²) in [4.78, 5) is 25.1. The van der Waals surface area contributed by atoms with E-state index in [0.717, 1.165) is 20.3 Å². The fourth-order valence-corrected chi connectivity index (χ4v) is 3.80. The Morgan fingerprint density at radius 3 is 2.88 bits per heavy atom. The first kappa shape index (κ1) is 16.7. The van der Waals surface area contributed by atoms with E-state index in [1.54, 1.807) is 10.6 Å². The molecule has 0 atom stereocenters. The van der Waals surface area contributed by atoms with Gasteiger partial charge in [0.2, 0.25) is 5.91 Å². The summed E-state index contributed by atoms with van der Waals surface area (Å²) in [5.41, 5.74) is 1.39. The van der Waals surface area contributed by atoms with Crippen molar-refractivity contribution in [2.45, 2.75) is 13.1 Å². The normalized spacial score (nSPS) is 10.8. The van der Waals surface area contributed by atoms with Gasteiger partial charge >= 0.3 is 5.97 Å². The molecule has 0 aliphatic carbocycles. The lowest BCUT2D eigenvalue weighted by Gasteiger charge is -2.10. The SMILES string of the molecule is COC(=O)c1cc2ccsc2n1CC(=O)NCc1cccc(Br)c1. The minimum atomic E-state index is -0.446. The predicted molar refractivity (Wildman–Crippen MR) is 97.1 cm³/mol. The number of carbonyl (C=O) groups is 2. The molecule has 0 saturated carbocycles. The Morgan fingerprint density at radius 2 is 2.12 bits per heavy atom. The molecule has 0 saturated heterocycles. The van der Waals surface area contributed by atoms with Gasteiger partial charge in [0.15, 0.2) is 0 Å². The lowest BCUT2D eigenvalue weighted by molar-refractivity contribution is -0.121. The number of thiophene rings is 1. The smallest absolute Gasteiger partial charge is 0.354 e. The number of amides is 1. The zero-order valence-corrected chi connectivity index (χ0v) is 15.3. The van der Waals surface area contributed by atoms with Crippen LogP contribution in [-0.2, 0) is 22.6 Å². The van der Waals surface area contributed by atoms with Gasteiger partial charge in [0.25, 0.3) is 0 Å². The third-order valence-electron chi connectivity index (χ3n) is 3.58. The zero-order chi connectivity index (χ0) is 17.1. The van der Waals surface area contributed by atoms with E-state index < -0.39 is 5.97 Å². The maximum Gasteiger partial charge on any atom is 0.354 e. The Morgan fingerprint density at radius 1 is 1.29 bits per heavy atom. The molecule has 0 aliphatic rings. The monoisotopic (exact) mass is 406 g/mol. The van der Waals surface area contributed by atoms with Gasteiger partial charge in [-0.1, -0.05) is 28.1 Å².